The van der Waals surface area contributed by atoms with Crippen LogP contribution < -0.4 is 18.3 Å². The molecule has 0 radical (unpaired) electrons. The van der Waals surface area contributed by atoms with Gasteiger partial charge in [0, 0.05) is 47.2 Å². The third-order valence-electron chi connectivity index (χ3n) is 12.0. The van der Waals surface area contributed by atoms with Crippen molar-refractivity contribution in [2.45, 2.75) is 98.6 Å². The summed E-state index contributed by atoms with van der Waals surface area (Å²) < 4.78 is 159. The lowest BCUT2D eigenvalue weighted by Crippen LogP contribution is -2.31. The molecule has 394 valence electrons. The Bertz CT molecular complexity index is 3090. The van der Waals surface area contributed by atoms with Gasteiger partial charge in [-0.2, -0.15) is 0 Å². The molecule has 0 spiro atoms. The molecule has 0 saturated heterocycles. The van der Waals surface area contributed by atoms with Gasteiger partial charge in [-0.1, -0.05) is 52.0 Å². The van der Waals surface area contributed by atoms with Crippen LogP contribution in [0.2, 0.25) is 0 Å². The highest BCUT2D eigenvalue weighted by molar-refractivity contribution is 7.87. The maximum atomic E-state index is 11.8. The van der Waals surface area contributed by atoms with E-state index in [1.165, 1.54) is 74.7 Å². The third kappa shape index (κ3) is 13.9. The molecule has 4 aromatic heterocycles. The van der Waals surface area contributed by atoms with Crippen LogP contribution in [-0.4, -0.2) is 70.2 Å². The van der Waals surface area contributed by atoms with Crippen molar-refractivity contribution in [3.8, 4) is 0 Å². The number of aryl methyl sites for hydroxylation is 8. The average Bonchev–Trinajstić information content (AvgIpc) is 4.00. The third-order valence-corrected chi connectivity index (χ3v) is 15.5. The second-order valence-electron chi connectivity index (χ2n) is 17.4. The summed E-state index contributed by atoms with van der Waals surface area (Å²) in [5.74, 6) is 5.56. The number of aromatic nitrogens is 8. The Labute approximate surface area is 423 Å². The van der Waals surface area contributed by atoms with E-state index in [1.54, 1.807) is 0 Å². The number of imidazole rings is 4. The van der Waals surface area contributed by atoms with Crippen LogP contribution >= 0.6 is 0 Å². The van der Waals surface area contributed by atoms with Crippen LogP contribution in [0.25, 0.3) is 32.3 Å². The van der Waals surface area contributed by atoms with Crippen molar-refractivity contribution < 1.29 is 70.2 Å². The van der Waals surface area contributed by atoms with Crippen LogP contribution in [0.3, 0.4) is 0 Å². The second-order valence-corrected chi connectivity index (χ2v) is 22.8. The maximum absolute atomic E-state index is 11.8. The molecule has 0 saturated carbocycles. The Morgan fingerprint density at radius 2 is 0.556 bits per heavy atom. The summed E-state index contributed by atoms with van der Waals surface area (Å²) in [7, 11) is -4.90. The fourth-order valence-electron chi connectivity index (χ4n) is 8.48. The first-order valence-electron chi connectivity index (χ1n) is 23.1. The minimum absolute atomic E-state index is 0.336. The monoisotopic (exact) mass is 1070 g/mol. The van der Waals surface area contributed by atoms with E-state index >= 15 is 0 Å². The molecule has 8 rings (SSSR count). The Morgan fingerprint density at radius 1 is 0.375 bits per heavy atom. The molecule has 0 aliphatic heterocycles. The van der Waals surface area contributed by atoms with Gasteiger partial charge in [0.2, 0.25) is 0 Å². The van der Waals surface area contributed by atoms with Crippen molar-refractivity contribution in [3.05, 3.63) is 109 Å². The van der Waals surface area contributed by atoms with E-state index in [2.05, 4.69) is 170 Å². The molecule has 0 aliphatic carbocycles. The fourth-order valence-corrected chi connectivity index (χ4v) is 11.4. The lowest BCUT2D eigenvalue weighted by atomic mass is 9.94. The molecule has 72 heavy (non-hydrogen) atoms. The Morgan fingerprint density at radius 3 is 0.681 bits per heavy atom. The zero-order valence-electron chi connectivity index (χ0n) is 42.8. The van der Waals surface area contributed by atoms with Gasteiger partial charge in [-0.15, -0.1) is 0 Å². The summed E-state index contributed by atoms with van der Waals surface area (Å²) in [6.45, 7) is 8.81. The number of hydrogen-bond acceptors (Lipinski definition) is 12. The average molecular weight is 1080 g/mol. The Hall–Kier alpha value is -5.60. The molecule has 4 heterocycles. The molecule has 0 N–H and O–H groups in total. The first-order valence-corrected chi connectivity index (χ1v) is 28.7. The normalized spacial score (nSPS) is 11.9. The zero-order valence-corrected chi connectivity index (χ0v) is 46.1. The summed E-state index contributed by atoms with van der Waals surface area (Å²) in [6, 6.07) is 4.27. The first-order chi connectivity index (χ1) is 33.4. The molecule has 24 heteroatoms. The van der Waals surface area contributed by atoms with Crippen LogP contribution in [0.1, 0.15) is 76.7 Å². The van der Waals surface area contributed by atoms with Gasteiger partial charge in [-0.05, 0) is 48.6 Å². The highest BCUT2D eigenvalue weighted by Crippen LogP contribution is 2.44. The molecule has 0 fully saturated rings. The lowest BCUT2D eigenvalue weighted by Gasteiger charge is -2.23. The first kappa shape index (κ1) is 59.0. The molecule has 4 aromatic carbocycles. The Kier molecular flexibility index (Phi) is 19.6. The summed E-state index contributed by atoms with van der Waals surface area (Å²) in [5, 5.41) is -2.90. The van der Waals surface area contributed by atoms with Crippen LogP contribution in [0.4, 0.5) is 0 Å². The van der Waals surface area contributed by atoms with Crippen molar-refractivity contribution in [2.24, 2.45) is 56.4 Å². The predicted octanol–water partition coefficient (Wildman–Crippen LogP) is 3.41. The standard InChI is InChI=1S/C16H10O12S4.4C8H15N2/c17-29(18,19)11-5-13(31(23,24)25)9-3-4-10-14(32(26,27)28)6-12(30(20,21)22)8-2-1-7(11)15(9)16(8)10;4*1-4-5-8-9(2)6-7-10(8)3/h1-6H,(H,17,18,19)(H,20,21,22)(H,23,24,25)(H,26,27,28);4*6-7H,4-5H2,1-3H3/q;4*+1/p-4. The second kappa shape index (κ2) is 24.0. The fraction of sp³-hybridized carbons (Fsp3) is 0.417. The molecular formula is C48H66N8O12S4. The lowest BCUT2D eigenvalue weighted by molar-refractivity contribution is -0.678. The highest BCUT2D eigenvalue weighted by Gasteiger charge is 2.25. The van der Waals surface area contributed by atoms with E-state index in [0.717, 1.165) is 24.3 Å². The summed E-state index contributed by atoms with van der Waals surface area (Å²) in [6.07, 6.45) is 26.2. The van der Waals surface area contributed by atoms with Gasteiger partial charge in [0.25, 0.3) is 23.3 Å². The van der Waals surface area contributed by atoms with Crippen molar-refractivity contribution >= 4 is 72.8 Å². The number of rotatable bonds is 12. The van der Waals surface area contributed by atoms with Gasteiger partial charge in [-0.25, -0.2) is 70.2 Å². The quantitative estimate of drug-likeness (QED) is 0.0969. The topological polar surface area (TPSA) is 264 Å². The van der Waals surface area contributed by atoms with Gasteiger partial charge in [0.15, 0.2) is 0 Å². The molecule has 0 unspecified atom stereocenters. The molecule has 0 bridgehead atoms. The highest BCUT2D eigenvalue weighted by atomic mass is 32.2. The number of nitrogens with zero attached hydrogens (tertiary/aromatic N) is 8. The van der Waals surface area contributed by atoms with Crippen molar-refractivity contribution in [1.29, 1.82) is 0 Å². The van der Waals surface area contributed by atoms with Gasteiger partial charge in [-0.3, -0.25) is 0 Å². The minimum atomic E-state index is -5.40. The molecule has 0 atom stereocenters. The van der Waals surface area contributed by atoms with Crippen LogP contribution in [0.15, 0.2) is 106 Å². The largest absolute Gasteiger partial charge is 0.744 e. The van der Waals surface area contributed by atoms with Gasteiger partial charge in [0.1, 0.15) is 90.0 Å². The molecule has 20 nitrogen and oxygen atoms in total. The smallest absolute Gasteiger partial charge is 0.255 e. The summed E-state index contributed by atoms with van der Waals surface area (Å²) in [4.78, 5) is -4.63. The van der Waals surface area contributed by atoms with Gasteiger partial charge in [0.05, 0.1) is 76.0 Å². The van der Waals surface area contributed by atoms with E-state index in [1.807, 2.05) is 0 Å². The van der Waals surface area contributed by atoms with Crippen LogP contribution in [0, 0.1) is 0 Å². The van der Waals surface area contributed by atoms with E-state index in [9.17, 15) is 51.9 Å². The van der Waals surface area contributed by atoms with Crippen LogP contribution in [0.5, 0.6) is 0 Å². The number of benzene rings is 4. The van der Waals surface area contributed by atoms with Gasteiger partial charge >= 0.3 is 0 Å². The summed E-state index contributed by atoms with van der Waals surface area (Å²) >= 11 is 0. The van der Waals surface area contributed by atoms with Crippen molar-refractivity contribution in [1.82, 2.24) is 18.3 Å². The summed E-state index contributed by atoms with van der Waals surface area (Å²) in [5.41, 5.74) is 0. The molecular weight excluding hydrogens is 1010 g/mol. The van der Waals surface area contributed by atoms with Gasteiger partial charge < -0.3 is 18.2 Å². The molecule has 0 aliphatic rings. The van der Waals surface area contributed by atoms with Crippen molar-refractivity contribution in [2.75, 3.05) is 0 Å². The molecule has 0 amide bonds. The van der Waals surface area contributed by atoms with E-state index in [4.69, 9.17) is 0 Å². The predicted molar refractivity (Wildman–Crippen MR) is 264 cm³/mol. The number of hydrogen-bond donors (Lipinski definition) is 0. The molecule has 8 aromatic rings. The van der Waals surface area contributed by atoms with E-state index in [0.29, 0.717) is 12.1 Å². The van der Waals surface area contributed by atoms with E-state index in [-0.39, 0.29) is 0 Å². The minimum Gasteiger partial charge on any atom is -0.744 e. The SMILES string of the molecule is CCCc1n(C)cc[n+]1C.CCCc1n(C)cc[n+]1C.CCCc1n(C)cc[n+]1C.CCCc1n(C)cc[n+]1C.O=S(=O)([O-])c1cc(S(=O)(=O)[O-])c2ccc3c(S(=O)(=O)[O-])cc(S(=O)(=O)[O-])c4ccc1c2c43. The van der Waals surface area contributed by atoms with E-state index < -0.39 is 92.4 Å². The van der Waals surface area contributed by atoms with Crippen molar-refractivity contribution in [3.63, 3.8) is 0 Å². The zero-order chi connectivity index (χ0) is 54.3. The Balaban J connectivity index is 0.000000228. The maximum Gasteiger partial charge on any atom is 0.255 e. The van der Waals surface area contributed by atoms with Crippen LogP contribution in [-0.2, 0) is 123 Å².